The molecule has 1 saturated heterocycles. The van der Waals surface area contributed by atoms with Gasteiger partial charge in [0.05, 0.1) is 24.2 Å². The summed E-state index contributed by atoms with van der Waals surface area (Å²) in [7, 11) is 0. The van der Waals surface area contributed by atoms with Gasteiger partial charge >= 0.3 is 0 Å². The van der Waals surface area contributed by atoms with Crippen molar-refractivity contribution in [1.29, 1.82) is 0 Å². The Balaban J connectivity index is 1.41. The molecule has 2 N–H and O–H groups in total. The topological polar surface area (TPSA) is 107 Å². The zero-order valence-electron chi connectivity index (χ0n) is 20.8. The molecule has 4 rings (SSSR count). The van der Waals surface area contributed by atoms with Crippen molar-refractivity contribution in [2.45, 2.75) is 46.3 Å². The summed E-state index contributed by atoms with van der Waals surface area (Å²) in [4.78, 5) is 25.4. The Bertz CT molecular complexity index is 1150. The molecule has 184 valence electrons. The van der Waals surface area contributed by atoms with Crippen LogP contribution >= 0.6 is 0 Å². The van der Waals surface area contributed by atoms with E-state index in [4.69, 9.17) is 0 Å². The van der Waals surface area contributed by atoms with Crippen molar-refractivity contribution in [3.05, 3.63) is 70.8 Å². The van der Waals surface area contributed by atoms with Crippen LogP contribution < -0.4 is 15.1 Å². The Morgan fingerprint density at radius 1 is 1.11 bits per heavy atom. The summed E-state index contributed by atoms with van der Waals surface area (Å²) < 4.78 is 0. The van der Waals surface area contributed by atoms with Gasteiger partial charge < -0.3 is 20.2 Å². The Labute approximate surface area is 206 Å². The van der Waals surface area contributed by atoms with Crippen molar-refractivity contribution < 1.29 is 9.90 Å². The first-order chi connectivity index (χ1) is 16.8. The molecule has 1 aromatic carbocycles. The molecule has 2 aromatic heterocycles. The van der Waals surface area contributed by atoms with Crippen molar-refractivity contribution in [3.63, 3.8) is 0 Å². The second kappa shape index (κ2) is 10.8. The van der Waals surface area contributed by atoms with E-state index in [0.29, 0.717) is 0 Å². The lowest BCUT2D eigenvalue weighted by Crippen LogP contribution is -2.53. The van der Waals surface area contributed by atoms with E-state index in [1.54, 1.807) is 13.1 Å². The molecule has 2 unspecified atom stereocenters. The number of carbonyl (C=O) groups is 1. The molecule has 9 nitrogen and oxygen atoms in total. The molecule has 0 spiro atoms. The van der Waals surface area contributed by atoms with E-state index in [0.717, 1.165) is 43.4 Å². The molecule has 0 bridgehead atoms. The molecule has 1 fully saturated rings. The van der Waals surface area contributed by atoms with Gasteiger partial charge in [0, 0.05) is 38.6 Å². The van der Waals surface area contributed by atoms with E-state index in [-0.39, 0.29) is 24.2 Å². The maximum absolute atomic E-state index is 12.1. The lowest BCUT2D eigenvalue weighted by atomic mass is 10.0. The van der Waals surface area contributed by atoms with Gasteiger partial charge in [-0.05, 0) is 44.4 Å². The molecule has 0 saturated carbocycles. The highest BCUT2D eigenvalue weighted by Gasteiger charge is 2.27. The van der Waals surface area contributed by atoms with Crippen LogP contribution in [-0.4, -0.2) is 69.5 Å². The van der Waals surface area contributed by atoms with Gasteiger partial charge in [-0.25, -0.2) is 9.97 Å². The summed E-state index contributed by atoms with van der Waals surface area (Å²) >= 11 is 0. The molecular weight excluding hydrogens is 442 g/mol. The third-order valence-electron chi connectivity index (χ3n) is 6.46. The Hall–Kier alpha value is -3.59. The average molecular weight is 476 g/mol. The van der Waals surface area contributed by atoms with Gasteiger partial charge in [-0.2, -0.15) is 5.10 Å². The number of anilines is 2. The van der Waals surface area contributed by atoms with Gasteiger partial charge in [0.15, 0.2) is 5.82 Å². The molecule has 0 radical (unpaired) electrons. The number of aliphatic hydroxyl groups is 1. The van der Waals surface area contributed by atoms with Crippen LogP contribution in [0.1, 0.15) is 46.7 Å². The summed E-state index contributed by atoms with van der Waals surface area (Å²) in [6.45, 7) is 10.5. The first-order valence-corrected chi connectivity index (χ1v) is 12.0. The van der Waals surface area contributed by atoms with Crippen molar-refractivity contribution in [2.24, 2.45) is 0 Å². The highest BCUT2D eigenvalue weighted by molar-refractivity contribution is 5.92. The maximum atomic E-state index is 12.1. The Kier molecular flexibility index (Phi) is 7.55. The lowest BCUT2D eigenvalue weighted by Gasteiger charge is -2.41. The molecule has 2 atom stereocenters. The van der Waals surface area contributed by atoms with Crippen LogP contribution in [0.4, 0.5) is 11.6 Å². The summed E-state index contributed by atoms with van der Waals surface area (Å²) in [6, 6.07) is 10.5. The average Bonchev–Trinajstić information content (AvgIpc) is 2.86. The van der Waals surface area contributed by atoms with E-state index in [9.17, 15) is 9.90 Å². The summed E-state index contributed by atoms with van der Waals surface area (Å²) in [5.41, 5.74) is 4.82. The zero-order valence-corrected chi connectivity index (χ0v) is 20.8. The number of amides is 1. The fourth-order valence-corrected chi connectivity index (χ4v) is 4.31. The van der Waals surface area contributed by atoms with E-state index < -0.39 is 6.10 Å². The van der Waals surface area contributed by atoms with Crippen molar-refractivity contribution in [3.8, 4) is 0 Å². The minimum atomic E-state index is -0.611. The fourth-order valence-electron chi connectivity index (χ4n) is 4.31. The smallest absolute Gasteiger partial charge is 0.271 e. The minimum Gasteiger partial charge on any atom is -0.392 e. The zero-order chi connectivity index (χ0) is 24.9. The highest BCUT2D eigenvalue weighted by atomic mass is 16.3. The van der Waals surface area contributed by atoms with Gasteiger partial charge in [-0.3, -0.25) is 4.79 Å². The van der Waals surface area contributed by atoms with Gasteiger partial charge in [0.2, 0.25) is 0 Å². The van der Waals surface area contributed by atoms with Crippen molar-refractivity contribution in [1.82, 2.24) is 25.5 Å². The normalized spacial score (nSPS) is 16.8. The molecule has 1 aliphatic heterocycles. The van der Waals surface area contributed by atoms with E-state index >= 15 is 0 Å². The predicted octanol–water partition coefficient (Wildman–Crippen LogP) is 2.30. The molecule has 0 aliphatic carbocycles. The highest BCUT2D eigenvalue weighted by Crippen LogP contribution is 2.26. The van der Waals surface area contributed by atoms with Gasteiger partial charge in [-0.1, -0.05) is 30.3 Å². The molecule has 1 amide bonds. The number of aliphatic hydroxyl groups excluding tert-OH is 1. The third-order valence-corrected chi connectivity index (χ3v) is 6.46. The van der Waals surface area contributed by atoms with Crippen LogP contribution in [0, 0.1) is 13.8 Å². The summed E-state index contributed by atoms with van der Waals surface area (Å²) in [5.74, 6) is 1.33. The van der Waals surface area contributed by atoms with Gasteiger partial charge in [0.25, 0.3) is 5.91 Å². The van der Waals surface area contributed by atoms with E-state index in [2.05, 4.69) is 68.2 Å². The van der Waals surface area contributed by atoms with E-state index in [1.807, 2.05) is 18.2 Å². The van der Waals surface area contributed by atoms with Crippen LogP contribution in [0.15, 0.2) is 42.7 Å². The largest absolute Gasteiger partial charge is 0.392 e. The molecule has 9 heteroatoms. The maximum Gasteiger partial charge on any atom is 0.271 e. The summed E-state index contributed by atoms with van der Waals surface area (Å²) in [6.07, 6.45) is 3.28. The Morgan fingerprint density at radius 2 is 1.89 bits per heavy atom. The summed E-state index contributed by atoms with van der Waals surface area (Å²) in [5, 5.41) is 21.2. The van der Waals surface area contributed by atoms with Crippen molar-refractivity contribution >= 4 is 17.5 Å². The first-order valence-electron chi connectivity index (χ1n) is 12.0. The number of carbonyl (C=O) groups excluding carboxylic acids is 1. The molecule has 3 aromatic rings. The van der Waals surface area contributed by atoms with Gasteiger partial charge in [0.1, 0.15) is 11.5 Å². The number of nitrogens with one attached hydrogen (secondary N) is 1. The second-order valence-corrected chi connectivity index (χ2v) is 9.19. The third kappa shape index (κ3) is 5.74. The lowest BCUT2D eigenvalue weighted by molar-refractivity contribution is 0.0918. The van der Waals surface area contributed by atoms with Crippen LogP contribution in [0.25, 0.3) is 0 Å². The predicted molar refractivity (Wildman–Crippen MR) is 136 cm³/mol. The Morgan fingerprint density at radius 3 is 2.54 bits per heavy atom. The fraction of sp³-hybridized carbons (Fsp3) is 0.423. The number of nitrogens with zero attached hydrogens (tertiary/aromatic N) is 6. The number of hydrogen-bond acceptors (Lipinski definition) is 8. The standard InChI is InChI=1S/C26H33N7O2/c1-17-16-32(25-20(4)19(3)22(30-31-25)12-21-8-6-5-7-9-21)10-11-33(17)24-15-27-23(14-28-24)26(35)29-13-18(2)34/h5-9,14-15,17-18,34H,10-13,16H2,1-4H3,(H,29,35). The number of piperazine rings is 1. The van der Waals surface area contributed by atoms with Crippen LogP contribution in [0.3, 0.4) is 0 Å². The van der Waals surface area contributed by atoms with Crippen LogP contribution in [-0.2, 0) is 6.42 Å². The SMILES string of the molecule is Cc1c(Cc2ccccc2)nnc(N2CCN(c3cnc(C(=O)NCC(C)O)cn3)C(C)C2)c1C. The first kappa shape index (κ1) is 24.5. The number of benzene rings is 1. The van der Waals surface area contributed by atoms with Crippen molar-refractivity contribution in [2.75, 3.05) is 36.0 Å². The number of rotatable bonds is 7. The minimum absolute atomic E-state index is 0.177. The van der Waals surface area contributed by atoms with E-state index in [1.165, 1.54) is 22.9 Å². The molecular formula is C26H33N7O2. The van der Waals surface area contributed by atoms with Crippen LogP contribution in [0.5, 0.6) is 0 Å². The molecule has 1 aliphatic rings. The molecule has 35 heavy (non-hydrogen) atoms. The number of hydrogen-bond donors (Lipinski definition) is 2. The quantitative estimate of drug-likeness (QED) is 0.536. The van der Waals surface area contributed by atoms with Crippen LogP contribution in [0.2, 0.25) is 0 Å². The van der Waals surface area contributed by atoms with Gasteiger partial charge in [-0.15, -0.1) is 5.10 Å². The molecule has 3 heterocycles. The second-order valence-electron chi connectivity index (χ2n) is 9.19. The monoisotopic (exact) mass is 475 g/mol. The number of aromatic nitrogens is 4.